The van der Waals surface area contributed by atoms with Crippen LogP contribution in [0.2, 0.25) is 10.0 Å². The molecule has 144 valence electrons. The molecule has 27 heavy (non-hydrogen) atoms. The number of hydrogen-bond acceptors (Lipinski definition) is 6. The summed E-state index contributed by atoms with van der Waals surface area (Å²) in [5.74, 6) is 0.172. The minimum absolute atomic E-state index is 0.122. The molecule has 1 unspecified atom stereocenters. The first-order valence-electron chi connectivity index (χ1n) is 7.75. The second-order valence-corrected chi connectivity index (χ2v) is 6.19. The number of nitrogens with zero attached hydrogens (tertiary/aromatic N) is 1. The number of halogens is 2. The number of carbonyl (C=O) groups is 1. The molecule has 9 heteroatoms. The second-order valence-electron chi connectivity index (χ2n) is 5.34. The molecule has 2 rings (SSSR count). The summed E-state index contributed by atoms with van der Waals surface area (Å²) in [6, 6.07) is 7.79. The molecule has 1 atom stereocenters. The number of aromatic hydroxyl groups is 1. The number of carbonyl (C=O) groups excluding carboxylic acids is 1. The number of methoxy groups -OCH3 is 2. The van der Waals surface area contributed by atoms with E-state index in [0.717, 1.165) is 0 Å². The quantitative estimate of drug-likeness (QED) is 0.535. The molecule has 0 aliphatic heterocycles. The van der Waals surface area contributed by atoms with Crippen LogP contribution in [0, 0.1) is 0 Å². The lowest BCUT2D eigenvalue weighted by Crippen LogP contribution is -2.33. The summed E-state index contributed by atoms with van der Waals surface area (Å²) < 4.78 is 15.6. The van der Waals surface area contributed by atoms with Gasteiger partial charge in [0.15, 0.2) is 17.6 Å². The molecule has 2 aromatic carbocycles. The van der Waals surface area contributed by atoms with Crippen molar-refractivity contribution in [2.45, 2.75) is 13.0 Å². The summed E-state index contributed by atoms with van der Waals surface area (Å²) >= 11 is 11.8. The van der Waals surface area contributed by atoms with Gasteiger partial charge in [-0.3, -0.25) is 4.79 Å². The van der Waals surface area contributed by atoms with E-state index in [-0.39, 0.29) is 17.2 Å². The maximum Gasteiger partial charge on any atom is 0.280 e. The minimum atomic E-state index is -0.843. The maximum atomic E-state index is 12.1. The standard InChI is InChI=1S/C18H18Cl2N2O5/c1-10(27-14-5-4-12(19)8-13(14)20)18(24)22-21-9-11-6-15(25-2)17(23)16(7-11)26-3/h4-10,23H,1-3H3,(H,22,24). The number of ether oxygens (including phenoxy) is 3. The van der Waals surface area contributed by atoms with E-state index in [1.807, 2.05) is 0 Å². The first kappa shape index (κ1) is 20.7. The Labute approximate surface area is 166 Å². The molecule has 0 aliphatic rings. The van der Waals surface area contributed by atoms with Gasteiger partial charge < -0.3 is 19.3 Å². The van der Waals surface area contributed by atoms with Gasteiger partial charge in [-0.2, -0.15) is 5.10 Å². The Morgan fingerprint density at radius 2 is 1.78 bits per heavy atom. The van der Waals surface area contributed by atoms with Gasteiger partial charge in [0.2, 0.25) is 5.75 Å². The van der Waals surface area contributed by atoms with Crippen molar-refractivity contribution in [3.63, 3.8) is 0 Å². The van der Waals surface area contributed by atoms with Crippen molar-refractivity contribution < 1.29 is 24.1 Å². The van der Waals surface area contributed by atoms with Gasteiger partial charge in [-0.05, 0) is 37.3 Å². The molecule has 0 heterocycles. The van der Waals surface area contributed by atoms with Crippen molar-refractivity contribution >= 4 is 35.3 Å². The molecular weight excluding hydrogens is 395 g/mol. The molecule has 1 amide bonds. The van der Waals surface area contributed by atoms with Crippen molar-refractivity contribution in [2.24, 2.45) is 5.10 Å². The van der Waals surface area contributed by atoms with Gasteiger partial charge in [0, 0.05) is 10.6 Å². The number of benzene rings is 2. The normalized spacial score (nSPS) is 11.9. The largest absolute Gasteiger partial charge is 0.502 e. The van der Waals surface area contributed by atoms with E-state index in [9.17, 15) is 9.90 Å². The molecule has 0 spiro atoms. The average Bonchev–Trinajstić information content (AvgIpc) is 2.64. The van der Waals surface area contributed by atoms with Gasteiger partial charge in [-0.1, -0.05) is 23.2 Å². The van der Waals surface area contributed by atoms with E-state index in [1.165, 1.54) is 26.5 Å². The number of nitrogens with one attached hydrogen (secondary N) is 1. The summed E-state index contributed by atoms with van der Waals surface area (Å²) in [5, 5.41) is 14.5. The Hall–Kier alpha value is -2.64. The lowest BCUT2D eigenvalue weighted by atomic mass is 10.2. The molecule has 0 bridgehead atoms. The molecule has 0 aromatic heterocycles. The zero-order valence-corrected chi connectivity index (χ0v) is 16.3. The van der Waals surface area contributed by atoms with Crippen molar-refractivity contribution in [1.29, 1.82) is 0 Å². The third-order valence-corrected chi connectivity index (χ3v) is 3.99. The molecule has 0 saturated carbocycles. The van der Waals surface area contributed by atoms with E-state index >= 15 is 0 Å². The Balaban J connectivity index is 2.02. The van der Waals surface area contributed by atoms with Gasteiger partial charge in [0.05, 0.1) is 25.5 Å². The summed E-state index contributed by atoms with van der Waals surface area (Å²) in [6.07, 6.45) is 0.536. The van der Waals surface area contributed by atoms with Gasteiger partial charge in [-0.25, -0.2) is 5.43 Å². The lowest BCUT2D eigenvalue weighted by Gasteiger charge is -2.14. The smallest absolute Gasteiger partial charge is 0.280 e. The molecule has 0 fully saturated rings. The highest BCUT2D eigenvalue weighted by Gasteiger charge is 2.16. The van der Waals surface area contributed by atoms with Gasteiger partial charge in [-0.15, -0.1) is 0 Å². The van der Waals surface area contributed by atoms with E-state index in [4.69, 9.17) is 37.4 Å². The third kappa shape index (κ3) is 5.42. The van der Waals surface area contributed by atoms with Crippen LogP contribution in [0.4, 0.5) is 0 Å². The van der Waals surface area contributed by atoms with E-state index < -0.39 is 12.0 Å². The van der Waals surface area contributed by atoms with Crippen molar-refractivity contribution in [1.82, 2.24) is 5.43 Å². The average molecular weight is 413 g/mol. The highest BCUT2D eigenvalue weighted by Crippen LogP contribution is 2.36. The predicted octanol–water partition coefficient (Wildman–Crippen LogP) is 3.63. The Morgan fingerprint density at radius 3 is 2.33 bits per heavy atom. The van der Waals surface area contributed by atoms with Crippen LogP contribution in [-0.2, 0) is 4.79 Å². The number of hydrogen-bond donors (Lipinski definition) is 2. The number of phenols is 1. The molecule has 0 aliphatic carbocycles. The van der Waals surface area contributed by atoms with Crippen molar-refractivity contribution in [2.75, 3.05) is 14.2 Å². The van der Waals surface area contributed by atoms with Crippen molar-refractivity contribution in [3.8, 4) is 23.0 Å². The minimum Gasteiger partial charge on any atom is -0.502 e. The zero-order chi connectivity index (χ0) is 20.0. The highest BCUT2D eigenvalue weighted by atomic mass is 35.5. The predicted molar refractivity (Wildman–Crippen MR) is 103 cm³/mol. The molecule has 2 N–H and O–H groups in total. The van der Waals surface area contributed by atoms with E-state index in [2.05, 4.69) is 10.5 Å². The number of hydrazone groups is 1. The van der Waals surface area contributed by atoms with Gasteiger partial charge in [0.1, 0.15) is 5.75 Å². The lowest BCUT2D eigenvalue weighted by molar-refractivity contribution is -0.127. The van der Waals surface area contributed by atoms with Crippen LogP contribution in [0.15, 0.2) is 35.4 Å². The molecule has 7 nitrogen and oxygen atoms in total. The highest BCUT2D eigenvalue weighted by molar-refractivity contribution is 6.35. The number of phenolic OH excluding ortho intramolecular Hbond substituents is 1. The van der Waals surface area contributed by atoms with Gasteiger partial charge >= 0.3 is 0 Å². The first-order valence-corrected chi connectivity index (χ1v) is 8.51. The fourth-order valence-corrected chi connectivity index (χ4v) is 2.52. The number of amides is 1. The second kappa shape index (κ2) is 9.34. The maximum absolute atomic E-state index is 12.1. The summed E-state index contributed by atoms with van der Waals surface area (Å²) in [6.45, 7) is 1.56. The Morgan fingerprint density at radius 1 is 1.15 bits per heavy atom. The molecule has 0 radical (unpaired) electrons. The fraction of sp³-hybridized carbons (Fsp3) is 0.222. The summed E-state index contributed by atoms with van der Waals surface area (Å²) in [5.41, 5.74) is 2.92. The summed E-state index contributed by atoms with van der Waals surface area (Å²) in [7, 11) is 2.83. The topological polar surface area (TPSA) is 89.4 Å². The monoisotopic (exact) mass is 412 g/mol. The van der Waals surface area contributed by atoms with Crippen LogP contribution in [0.1, 0.15) is 12.5 Å². The molecule has 2 aromatic rings. The number of rotatable bonds is 7. The Bertz CT molecular complexity index is 833. The van der Waals surface area contributed by atoms with Crippen LogP contribution in [0.25, 0.3) is 0 Å². The van der Waals surface area contributed by atoms with Crippen LogP contribution < -0.4 is 19.6 Å². The SMILES string of the molecule is COc1cc(C=NNC(=O)C(C)Oc2ccc(Cl)cc2Cl)cc(OC)c1O. The Kier molecular flexibility index (Phi) is 7.15. The van der Waals surface area contributed by atoms with Crippen LogP contribution >= 0.6 is 23.2 Å². The van der Waals surface area contributed by atoms with Crippen LogP contribution in [0.3, 0.4) is 0 Å². The van der Waals surface area contributed by atoms with E-state index in [0.29, 0.717) is 21.4 Å². The molecule has 0 saturated heterocycles. The third-order valence-electron chi connectivity index (χ3n) is 3.46. The van der Waals surface area contributed by atoms with Crippen molar-refractivity contribution in [3.05, 3.63) is 45.9 Å². The van der Waals surface area contributed by atoms with Crippen LogP contribution in [0.5, 0.6) is 23.0 Å². The summed E-state index contributed by atoms with van der Waals surface area (Å²) in [4.78, 5) is 12.1. The van der Waals surface area contributed by atoms with E-state index in [1.54, 1.807) is 31.2 Å². The fourth-order valence-electron chi connectivity index (χ4n) is 2.06. The van der Waals surface area contributed by atoms with Crippen LogP contribution in [-0.4, -0.2) is 37.6 Å². The first-order chi connectivity index (χ1) is 12.8. The zero-order valence-electron chi connectivity index (χ0n) is 14.8. The van der Waals surface area contributed by atoms with Gasteiger partial charge in [0.25, 0.3) is 5.91 Å². The molecular formula is C18H18Cl2N2O5.